The number of nitrogens with one attached hydrogen (secondary N) is 1. The lowest BCUT2D eigenvalue weighted by atomic mass is 10.2. The molecule has 4 rings (SSSR count). The molecule has 0 spiro atoms. The third-order valence-corrected chi connectivity index (χ3v) is 4.51. The zero-order chi connectivity index (χ0) is 16.7. The lowest BCUT2D eigenvalue weighted by Gasteiger charge is -2.34. The van der Waals surface area contributed by atoms with Gasteiger partial charge in [-0.25, -0.2) is 13.8 Å². The van der Waals surface area contributed by atoms with Gasteiger partial charge in [-0.05, 0) is 37.4 Å². The Bertz CT molecular complexity index is 865. The molecular weight excluding hydrogens is 310 g/mol. The van der Waals surface area contributed by atoms with Crippen molar-refractivity contribution < 1.29 is 8.78 Å². The number of anilines is 1. The zero-order valence-corrected chi connectivity index (χ0v) is 13.4. The molecule has 4 nitrogen and oxygen atoms in total. The second kappa shape index (κ2) is 5.87. The van der Waals surface area contributed by atoms with E-state index < -0.39 is 0 Å². The van der Waals surface area contributed by atoms with Gasteiger partial charge in [0.25, 0.3) is 0 Å². The fourth-order valence-electron chi connectivity index (χ4n) is 3.05. The standard InChI is InChI=1S/C18H18F2N4/c1-23-6-8-24(9-7-23)17-11-16-15(10-14(17)20)21-18(22-16)12-2-4-13(19)5-3-12/h2-5,10-11H,6-9H2,1H3,(H,21,22). The average Bonchev–Trinajstić information content (AvgIpc) is 2.98. The number of benzene rings is 2. The monoisotopic (exact) mass is 328 g/mol. The number of nitrogens with zero attached hydrogens (tertiary/aromatic N) is 3. The van der Waals surface area contributed by atoms with E-state index in [0.717, 1.165) is 31.7 Å². The highest BCUT2D eigenvalue weighted by Gasteiger charge is 2.19. The highest BCUT2D eigenvalue weighted by molar-refractivity contribution is 5.83. The van der Waals surface area contributed by atoms with E-state index >= 15 is 0 Å². The number of hydrogen-bond donors (Lipinski definition) is 1. The van der Waals surface area contributed by atoms with Crippen LogP contribution in [-0.4, -0.2) is 48.1 Å². The van der Waals surface area contributed by atoms with Gasteiger partial charge in [0.1, 0.15) is 17.5 Å². The van der Waals surface area contributed by atoms with E-state index in [0.29, 0.717) is 22.5 Å². The van der Waals surface area contributed by atoms with Crippen molar-refractivity contribution in [3.8, 4) is 11.4 Å². The second-order valence-corrected chi connectivity index (χ2v) is 6.20. The minimum atomic E-state index is -0.293. The first-order valence-corrected chi connectivity index (χ1v) is 7.99. The molecule has 0 saturated carbocycles. The van der Waals surface area contributed by atoms with Gasteiger partial charge in [0.2, 0.25) is 0 Å². The predicted octanol–water partition coefficient (Wildman–Crippen LogP) is 3.26. The largest absolute Gasteiger partial charge is 0.367 e. The molecule has 0 amide bonds. The number of fused-ring (bicyclic) bond motifs is 1. The van der Waals surface area contributed by atoms with Crippen molar-refractivity contribution in [1.82, 2.24) is 14.9 Å². The molecule has 1 fully saturated rings. The molecule has 6 heteroatoms. The van der Waals surface area contributed by atoms with Gasteiger partial charge < -0.3 is 14.8 Å². The summed E-state index contributed by atoms with van der Waals surface area (Å²) in [4.78, 5) is 11.9. The molecule has 24 heavy (non-hydrogen) atoms. The van der Waals surface area contributed by atoms with Crippen LogP contribution in [0, 0.1) is 11.6 Å². The Balaban J connectivity index is 1.71. The van der Waals surface area contributed by atoms with Crippen LogP contribution in [0.1, 0.15) is 0 Å². The highest BCUT2D eigenvalue weighted by Crippen LogP contribution is 2.28. The number of likely N-dealkylation sites (N-methyl/N-ethyl adjacent to an activating group) is 1. The summed E-state index contributed by atoms with van der Waals surface area (Å²) in [5, 5.41) is 0. The van der Waals surface area contributed by atoms with Crippen LogP contribution >= 0.6 is 0 Å². The van der Waals surface area contributed by atoms with Crippen molar-refractivity contribution in [3.63, 3.8) is 0 Å². The first-order valence-electron chi connectivity index (χ1n) is 7.99. The Morgan fingerprint density at radius 1 is 1.00 bits per heavy atom. The molecule has 124 valence electrons. The van der Waals surface area contributed by atoms with E-state index in [2.05, 4.69) is 26.8 Å². The van der Waals surface area contributed by atoms with Crippen molar-refractivity contribution in [2.45, 2.75) is 0 Å². The van der Waals surface area contributed by atoms with Gasteiger partial charge in [0.05, 0.1) is 16.7 Å². The van der Waals surface area contributed by atoms with Crippen LogP contribution in [0.4, 0.5) is 14.5 Å². The third-order valence-electron chi connectivity index (χ3n) is 4.51. The first-order chi connectivity index (χ1) is 11.6. The quantitative estimate of drug-likeness (QED) is 0.784. The van der Waals surface area contributed by atoms with E-state index in [9.17, 15) is 8.78 Å². The van der Waals surface area contributed by atoms with Crippen LogP contribution in [-0.2, 0) is 0 Å². The van der Waals surface area contributed by atoms with Crippen molar-refractivity contribution in [2.75, 3.05) is 38.1 Å². The molecule has 1 N–H and O–H groups in total. The van der Waals surface area contributed by atoms with Gasteiger partial charge in [0.15, 0.2) is 0 Å². The summed E-state index contributed by atoms with van der Waals surface area (Å²) in [6.07, 6.45) is 0. The Hall–Kier alpha value is -2.47. The average molecular weight is 328 g/mol. The van der Waals surface area contributed by atoms with Crippen molar-refractivity contribution in [2.24, 2.45) is 0 Å². The van der Waals surface area contributed by atoms with Crippen molar-refractivity contribution in [3.05, 3.63) is 48.0 Å². The lowest BCUT2D eigenvalue weighted by Crippen LogP contribution is -2.44. The zero-order valence-electron chi connectivity index (χ0n) is 13.4. The molecule has 0 radical (unpaired) electrons. The van der Waals surface area contributed by atoms with E-state index in [1.54, 1.807) is 18.2 Å². The molecule has 1 aliphatic rings. The number of hydrogen-bond acceptors (Lipinski definition) is 3. The Morgan fingerprint density at radius 2 is 1.71 bits per heavy atom. The summed E-state index contributed by atoms with van der Waals surface area (Å²) >= 11 is 0. The van der Waals surface area contributed by atoms with Gasteiger partial charge in [0, 0.05) is 37.8 Å². The minimum absolute atomic E-state index is 0.249. The Morgan fingerprint density at radius 3 is 2.42 bits per heavy atom. The Labute approximate surface area is 138 Å². The lowest BCUT2D eigenvalue weighted by molar-refractivity contribution is 0.312. The van der Waals surface area contributed by atoms with E-state index in [-0.39, 0.29) is 11.6 Å². The molecule has 0 atom stereocenters. The van der Waals surface area contributed by atoms with E-state index in [1.807, 2.05) is 0 Å². The molecule has 1 aromatic heterocycles. The van der Waals surface area contributed by atoms with Gasteiger partial charge >= 0.3 is 0 Å². The summed E-state index contributed by atoms with van der Waals surface area (Å²) in [6.45, 7) is 3.43. The summed E-state index contributed by atoms with van der Waals surface area (Å²) in [5.74, 6) is 0.0690. The molecule has 3 aromatic rings. The number of aromatic amines is 1. The van der Waals surface area contributed by atoms with Crippen LogP contribution in [0.2, 0.25) is 0 Å². The van der Waals surface area contributed by atoms with Crippen LogP contribution in [0.3, 0.4) is 0 Å². The molecule has 0 bridgehead atoms. The maximum Gasteiger partial charge on any atom is 0.148 e. The number of halogens is 2. The molecule has 1 aliphatic heterocycles. The smallest absolute Gasteiger partial charge is 0.148 e. The number of rotatable bonds is 2. The number of imidazole rings is 1. The van der Waals surface area contributed by atoms with Crippen molar-refractivity contribution in [1.29, 1.82) is 0 Å². The predicted molar refractivity (Wildman–Crippen MR) is 91.2 cm³/mol. The topological polar surface area (TPSA) is 35.2 Å². The van der Waals surface area contributed by atoms with E-state index in [1.165, 1.54) is 18.2 Å². The van der Waals surface area contributed by atoms with Gasteiger partial charge in [-0.2, -0.15) is 0 Å². The highest BCUT2D eigenvalue weighted by atomic mass is 19.1. The number of aromatic nitrogens is 2. The Kier molecular flexibility index (Phi) is 3.69. The molecule has 2 heterocycles. The fourth-order valence-corrected chi connectivity index (χ4v) is 3.05. The normalized spacial score (nSPS) is 16.0. The summed E-state index contributed by atoms with van der Waals surface area (Å²) in [7, 11) is 2.07. The second-order valence-electron chi connectivity index (χ2n) is 6.20. The van der Waals surface area contributed by atoms with E-state index in [4.69, 9.17) is 0 Å². The van der Waals surface area contributed by atoms with Gasteiger partial charge in [-0.15, -0.1) is 0 Å². The molecule has 0 unspecified atom stereocenters. The fraction of sp³-hybridized carbons (Fsp3) is 0.278. The molecule has 1 saturated heterocycles. The number of piperazine rings is 1. The van der Waals surface area contributed by atoms with Gasteiger partial charge in [-0.3, -0.25) is 0 Å². The van der Waals surface area contributed by atoms with Crippen LogP contribution in [0.25, 0.3) is 22.4 Å². The molecule has 2 aromatic carbocycles. The summed E-state index contributed by atoms with van der Waals surface area (Å²) in [6, 6.07) is 9.37. The maximum atomic E-state index is 14.5. The number of H-pyrrole nitrogens is 1. The maximum absolute atomic E-state index is 14.5. The first kappa shape index (κ1) is 15.1. The summed E-state index contributed by atoms with van der Waals surface area (Å²) in [5.41, 5.74) is 2.72. The molecule has 0 aliphatic carbocycles. The SMILES string of the molecule is CN1CCN(c2cc3nc(-c4ccc(F)cc4)[nH]c3cc2F)CC1. The van der Waals surface area contributed by atoms with Crippen molar-refractivity contribution >= 4 is 16.7 Å². The summed E-state index contributed by atoms with van der Waals surface area (Å²) < 4.78 is 27.6. The van der Waals surface area contributed by atoms with Crippen LogP contribution in [0.15, 0.2) is 36.4 Å². The molecular formula is C18H18F2N4. The van der Waals surface area contributed by atoms with Gasteiger partial charge in [-0.1, -0.05) is 0 Å². The van der Waals surface area contributed by atoms with Crippen LogP contribution in [0.5, 0.6) is 0 Å². The minimum Gasteiger partial charge on any atom is -0.367 e. The third kappa shape index (κ3) is 2.73. The van der Waals surface area contributed by atoms with Crippen LogP contribution < -0.4 is 4.90 Å².